The van der Waals surface area contributed by atoms with Crippen molar-refractivity contribution in [3.63, 3.8) is 0 Å². The molecule has 0 fully saturated rings. The maximum absolute atomic E-state index is 12.5. The first-order valence-corrected chi connectivity index (χ1v) is 8.49. The van der Waals surface area contributed by atoms with Crippen LogP contribution in [0.25, 0.3) is 0 Å². The van der Waals surface area contributed by atoms with Gasteiger partial charge in [-0.05, 0) is 31.2 Å². The molecule has 0 aliphatic heterocycles. The van der Waals surface area contributed by atoms with Crippen LogP contribution in [0.4, 0.5) is 0 Å². The predicted octanol–water partition coefficient (Wildman–Crippen LogP) is 2.33. The second-order valence-corrected chi connectivity index (χ2v) is 5.73. The Morgan fingerprint density at radius 1 is 1.00 bits per heavy atom. The number of carbonyl (C=O) groups is 2. The van der Waals surface area contributed by atoms with Crippen molar-refractivity contribution >= 4 is 17.6 Å². The van der Waals surface area contributed by atoms with E-state index in [9.17, 15) is 9.59 Å². The minimum absolute atomic E-state index is 0.256. The molecule has 2 rings (SSSR count). The fourth-order valence-corrected chi connectivity index (χ4v) is 2.50. The van der Waals surface area contributed by atoms with Gasteiger partial charge in [-0.2, -0.15) is 5.10 Å². The van der Waals surface area contributed by atoms with E-state index >= 15 is 0 Å². The number of hydrazone groups is 1. The molecule has 0 aromatic heterocycles. The van der Waals surface area contributed by atoms with E-state index in [1.54, 1.807) is 31.2 Å². The summed E-state index contributed by atoms with van der Waals surface area (Å²) in [5.74, 6) is -0.193. The summed E-state index contributed by atoms with van der Waals surface area (Å²) >= 11 is 0. The Morgan fingerprint density at radius 3 is 2.17 bits per heavy atom. The summed E-state index contributed by atoms with van der Waals surface area (Å²) in [6, 6.07) is 9.81. The molecule has 9 nitrogen and oxygen atoms in total. The topological polar surface area (TPSA) is 116 Å². The van der Waals surface area contributed by atoms with E-state index in [4.69, 9.17) is 24.1 Å². The van der Waals surface area contributed by atoms with Gasteiger partial charge in [0.15, 0.2) is 18.1 Å². The number of carbonyl (C=O) groups excluding carboxylic acids is 1. The molecule has 2 N–H and O–H groups in total. The van der Waals surface area contributed by atoms with Crippen molar-refractivity contribution in [2.75, 3.05) is 27.9 Å². The number of ether oxygens (including phenoxy) is 4. The zero-order valence-corrected chi connectivity index (χ0v) is 16.5. The van der Waals surface area contributed by atoms with Gasteiger partial charge >= 0.3 is 5.97 Å². The highest BCUT2D eigenvalue weighted by molar-refractivity contribution is 6.03. The maximum Gasteiger partial charge on any atom is 0.341 e. The molecule has 0 aliphatic carbocycles. The summed E-state index contributed by atoms with van der Waals surface area (Å²) in [5.41, 5.74) is 3.70. The lowest BCUT2D eigenvalue weighted by atomic mass is 10.1. The molecule has 0 atom stereocenters. The third-order valence-electron chi connectivity index (χ3n) is 3.88. The van der Waals surface area contributed by atoms with E-state index < -0.39 is 18.5 Å². The number of nitrogens with zero attached hydrogens (tertiary/aromatic N) is 1. The summed E-state index contributed by atoms with van der Waals surface area (Å²) in [5, 5.41) is 12.9. The molecule has 0 aliphatic rings. The zero-order valence-electron chi connectivity index (χ0n) is 16.5. The van der Waals surface area contributed by atoms with Crippen molar-refractivity contribution in [3.8, 4) is 23.0 Å². The Labute approximate surface area is 167 Å². The molecule has 29 heavy (non-hydrogen) atoms. The zero-order chi connectivity index (χ0) is 21.4. The Morgan fingerprint density at radius 2 is 1.62 bits per heavy atom. The number of benzene rings is 2. The predicted molar refractivity (Wildman–Crippen MR) is 105 cm³/mol. The van der Waals surface area contributed by atoms with Crippen molar-refractivity contribution in [1.82, 2.24) is 5.43 Å². The Hall–Kier alpha value is -3.75. The van der Waals surface area contributed by atoms with Gasteiger partial charge in [-0.1, -0.05) is 12.1 Å². The van der Waals surface area contributed by atoms with E-state index in [0.29, 0.717) is 34.3 Å². The first-order chi connectivity index (χ1) is 13.9. The first kappa shape index (κ1) is 21.5. The highest BCUT2D eigenvalue weighted by Crippen LogP contribution is 2.38. The van der Waals surface area contributed by atoms with Crippen molar-refractivity contribution in [2.45, 2.75) is 6.92 Å². The van der Waals surface area contributed by atoms with Gasteiger partial charge in [0.2, 0.25) is 5.75 Å². The molecule has 154 valence electrons. The van der Waals surface area contributed by atoms with Gasteiger partial charge in [-0.3, -0.25) is 4.79 Å². The summed E-state index contributed by atoms with van der Waals surface area (Å²) in [7, 11) is 4.38. The van der Waals surface area contributed by atoms with E-state index in [1.807, 2.05) is 0 Å². The Kier molecular flexibility index (Phi) is 7.41. The molecule has 9 heteroatoms. The molecule has 2 aromatic carbocycles. The van der Waals surface area contributed by atoms with Crippen LogP contribution in [0.15, 0.2) is 41.5 Å². The van der Waals surface area contributed by atoms with Crippen LogP contribution < -0.4 is 24.4 Å². The molecule has 0 spiro atoms. The van der Waals surface area contributed by atoms with E-state index in [0.717, 1.165) is 0 Å². The number of carboxylic acids is 1. The maximum atomic E-state index is 12.5. The third kappa shape index (κ3) is 5.38. The monoisotopic (exact) mass is 402 g/mol. The average molecular weight is 402 g/mol. The second kappa shape index (κ2) is 9.98. The molecule has 0 unspecified atom stereocenters. The first-order valence-electron chi connectivity index (χ1n) is 8.49. The quantitative estimate of drug-likeness (QED) is 0.488. The van der Waals surface area contributed by atoms with Gasteiger partial charge in [0, 0.05) is 11.1 Å². The van der Waals surface area contributed by atoms with Crippen LogP contribution >= 0.6 is 0 Å². The summed E-state index contributed by atoms with van der Waals surface area (Å²) in [6.07, 6.45) is 0. The van der Waals surface area contributed by atoms with Crippen LogP contribution in [-0.2, 0) is 4.79 Å². The van der Waals surface area contributed by atoms with Gasteiger partial charge in [0.05, 0.1) is 27.0 Å². The summed E-state index contributed by atoms with van der Waals surface area (Å²) in [4.78, 5) is 23.3. The van der Waals surface area contributed by atoms with Crippen molar-refractivity contribution in [2.24, 2.45) is 5.10 Å². The summed E-state index contributed by atoms with van der Waals surface area (Å²) < 4.78 is 21.0. The van der Waals surface area contributed by atoms with Crippen LogP contribution in [0.5, 0.6) is 23.0 Å². The molecule has 2 aromatic rings. The average Bonchev–Trinajstić information content (AvgIpc) is 2.74. The van der Waals surface area contributed by atoms with Crippen molar-refractivity contribution in [3.05, 3.63) is 47.5 Å². The van der Waals surface area contributed by atoms with Gasteiger partial charge in [-0.25, -0.2) is 10.2 Å². The number of aliphatic carboxylic acids is 1. The lowest BCUT2D eigenvalue weighted by Gasteiger charge is -2.13. The highest BCUT2D eigenvalue weighted by Gasteiger charge is 2.17. The highest BCUT2D eigenvalue weighted by atomic mass is 16.5. The van der Waals surface area contributed by atoms with Gasteiger partial charge < -0.3 is 24.1 Å². The largest absolute Gasteiger partial charge is 0.493 e. The second-order valence-electron chi connectivity index (χ2n) is 5.73. The van der Waals surface area contributed by atoms with Crippen LogP contribution in [-0.4, -0.2) is 50.6 Å². The lowest BCUT2D eigenvalue weighted by Crippen LogP contribution is -2.20. The number of hydrogen-bond acceptors (Lipinski definition) is 7. The minimum atomic E-state index is -1.09. The molecule has 1 amide bonds. The van der Waals surface area contributed by atoms with Crippen LogP contribution in [0.3, 0.4) is 0 Å². The van der Waals surface area contributed by atoms with Crippen LogP contribution in [0.2, 0.25) is 0 Å². The Balaban J connectivity index is 2.24. The number of carboxylic acid groups (broad SMARTS) is 1. The van der Waals surface area contributed by atoms with E-state index in [2.05, 4.69) is 10.5 Å². The van der Waals surface area contributed by atoms with E-state index in [1.165, 1.54) is 33.5 Å². The normalized spacial score (nSPS) is 10.8. The molecule has 0 bridgehead atoms. The number of amides is 1. The fraction of sp³-hybridized carbons (Fsp3) is 0.250. The Bertz CT molecular complexity index is 900. The third-order valence-corrected chi connectivity index (χ3v) is 3.88. The van der Waals surface area contributed by atoms with Gasteiger partial charge in [-0.15, -0.1) is 0 Å². The van der Waals surface area contributed by atoms with E-state index in [-0.39, 0.29) is 5.56 Å². The smallest absolute Gasteiger partial charge is 0.341 e. The molecular formula is C20H22N2O7. The number of methoxy groups -OCH3 is 3. The summed E-state index contributed by atoms with van der Waals surface area (Å²) in [6.45, 7) is 1.18. The standard InChI is InChI=1S/C20H22N2O7/c1-12(14-7-5-6-8-15(14)29-11-18(23)24)21-22-20(25)13-9-16(26-2)19(28-4)17(10-13)27-3/h5-10H,11H2,1-4H3,(H,22,25)(H,23,24)/b21-12+. The van der Waals surface area contributed by atoms with Gasteiger partial charge in [0.1, 0.15) is 5.75 Å². The molecule has 0 saturated heterocycles. The number of para-hydroxylation sites is 1. The molecule has 0 saturated carbocycles. The van der Waals surface area contributed by atoms with Crippen molar-refractivity contribution in [1.29, 1.82) is 0 Å². The molecule has 0 radical (unpaired) electrons. The fourth-order valence-electron chi connectivity index (χ4n) is 2.50. The number of rotatable bonds is 9. The van der Waals surface area contributed by atoms with Crippen LogP contribution in [0, 0.1) is 0 Å². The molecular weight excluding hydrogens is 380 g/mol. The molecule has 0 heterocycles. The SMILES string of the molecule is COc1cc(C(=O)N/N=C(\C)c2ccccc2OCC(=O)O)cc(OC)c1OC. The number of hydrogen-bond donors (Lipinski definition) is 2. The van der Waals surface area contributed by atoms with Crippen LogP contribution in [0.1, 0.15) is 22.8 Å². The number of nitrogens with one attached hydrogen (secondary N) is 1. The van der Waals surface area contributed by atoms with Crippen molar-refractivity contribution < 1.29 is 33.6 Å². The minimum Gasteiger partial charge on any atom is -0.493 e. The van der Waals surface area contributed by atoms with Gasteiger partial charge in [0.25, 0.3) is 5.91 Å². The lowest BCUT2D eigenvalue weighted by molar-refractivity contribution is -0.139.